The molecular weight excluding hydrogens is 284 g/mol. The molecule has 22 heavy (non-hydrogen) atoms. The third-order valence-electron chi connectivity index (χ3n) is 2.92. The van der Waals surface area contributed by atoms with Crippen LogP contribution in [-0.2, 0) is 0 Å². The molecule has 3 rings (SSSR count). The Balaban J connectivity index is 1.77. The fourth-order valence-electron chi connectivity index (χ4n) is 1.87. The van der Waals surface area contributed by atoms with Gasteiger partial charge >= 0.3 is 0 Å². The molecule has 108 valence electrons. The van der Waals surface area contributed by atoms with Gasteiger partial charge in [0, 0.05) is 16.8 Å². The van der Waals surface area contributed by atoms with Crippen molar-refractivity contribution < 1.29 is 4.92 Å². The molecular formula is C14H10N6O2. The first kappa shape index (κ1) is 13.6. The van der Waals surface area contributed by atoms with Gasteiger partial charge in [-0.05, 0) is 6.07 Å². The first-order valence-electron chi connectivity index (χ1n) is 6.34. The highest BCUT2D eigenvalue weighted by Crippen LogP contribution is 2.14. The van der Waals surface area contributed by atoms with E-state index in [1.807, 2.05) is 24.3 Å². The zero-order chi connectivity index (χ0) is 15.4. The summed E-state index contributed by atoms with van der Waals surface area (Å²) in [5, 5.41) is 24.4. The molecule has 0 atom stereocenters. The van der Waals surface area contributed by atoms with Crippen molar-refractivity contribution in [1.82, 2.24) is 15.2 Å². The number of hydrogen-bond acceptors (Lipinski definition) is 7. The first-order valence-corrected chi connectivity index (χ1v) is 6.34. The summed E-state index contributed by atoms with van der Waals surface area (Å²) >= 11 is 0. The Labute approximate surface area is 124 Å². The average Bonchev–Trinajstić information content (AvgIpc) is 2.55. The maximum atomic E-state index is 10.5. The summed E-state index contributed by atoms with van der Waals surface area (Å²) in [5.41, 5.74) is 3.24. The fraction of sp³-hybridized carbons (Fsp3) is 0. The summed E-state index contributed by atoms with van der Waals surface area (Å²) in [7, 11) is 0. The highest BCUT2D eigenvalue weighted by Gasteiger charge is 2.04. The number of benzene rings is 1. The molecule has 0 amide bonds. The van der Waals surface area contributed by atoms with Crippen molar-refractivity contribution >= 4 is 28.5 Å². The topological polar surface area (TPSA) is 106 Å². The summed E-state index contributed by atoms with van der Waals surface area (Å²) in [6, 6.07) is 10.5. The van der Waals surface area contributed by atoms with Gasteiger partial charge in [-0.3, -0.25) is 15.5 Å². The molecule has 0 saturated carbocycles. The van der Waals surface area contributed by atoms with E-state index in [2.05, 4.69) is 25.7 Å². The minimum absolute atomic E-state index is 0.0746. The highest BCUT2D eigenvalue weighted by atomic mass is 16.6. The van der Waals surface area contributed by atoms with Gasteiger partial charge in [0.05, 0.1) is 17.3 Å². The van der Waals surface area contributed by atoms with Gasteiger partial charge in [-0.1, -0.05) is 24.3 Å². The minimum Gasteiger partial charge on any atom is -0.261 e. The number of nitro groups is 1. The van der Waals surface area contributed by atoms with Gasteiger partial charge in [0.2, 0.25) is 0 Å². The van der Waals surface area contributed by atoms with Crippen LogP contribution in [0, 0.1) is 10.1 Å². The standard InChI is InChI=1S/C14H10N6O2/c21-20(22)11-5-6-14(15-8-11)19-17-9-13-12-4-2-1-3-10(12)7-16-18-13/h1-9H,(H,15,19)/b17-9+. The maximum absolute atomic E-state index is 10.5. The highest BCUT2D eigenvalue weighted by molar-refractivity contribution is 5.97. The number of hydrogen-bond donors (Lipinski definition) is 1. The van der Waals surface area contributed by atoms with Crippen LogP contribution in [0.4, 0.5) is 11.5 Å². The first-order chi connectivity index (χ1) is 10.7. The zero-order valence-electron chi connectivity index (χ0n) is 11.2. The van der Waals surface area contributed by atoms with Crippen molar-refractivity contribution in [2.75, 3.05) is 5.43 Å². The van der Waals surface area contributed by atoms with E-state index < -0.39 is 4.92 Å². The molecule has 2 heterocycles. The molecule has 0 aliphatic carbocycles. The Bertz CT molecular complexity index is 842. The predicted molar refractivity (Wildman–Crippen MR) is 81.6 cm³/mol. The third-order valence-corrected chi connectivity index (χ3v) is 2.92. The second-order valence-corrected chi connectivity index (χ2v) is 4.35. The van der Waals surface area contributed by atoms with E-state index >= 15 is 0 Å². The Hall–Kier alpha value is -3.42. The predicted octanol–water partition coefficient (Wildman–Crippen LogP) is 2.38. The third kappa shape index (κ3) is 2.85. The van der Waals surface area contributed by atoms with Crippen LogP contribution in [0.3, 0.4) is 0 Å². The van der Waals surface area contributed by atoms with E-state index in [9.17, 15) is 10.1 Å². The molecule has 0 aliphatic heterocycles. The molecule has 1 N–H and O–H groups in total. The number of anilines is 1. The maximum Gasteiger partial charge on any atom is 0.287 e. The van der Waals surface area contributed by atoms with Gasteiger partial charge in [0.15, 0.2) is 0 Å². The molecule has 0 radical (unpaired) electrons. The summed E-state index contributed by atoms with van der Waals surface area (Å²) in [6.07, 6.45) is 4.37. The van der Waals surface area contributed by atoms with Gasteiger partial charge in [0.25, 0.3) is 5.69 Å². The monoisotopic (exact) mass is 294 g/mol. The van der Waals surface area contributed by atoms with Crippen molar-refractivity contribution in [3.63, 3.8) is 0 Å². The number of fused-ring (bicyclic) bond motifs is 1. The number of hydrazone groups is 1. The van der Waals surface area contributed by atoms with Crippen LogP contribution in [0.2, 0.25) is 0 Å². The normalized spacial score (nSPS) is 10.9. The number of pyridine rings is 1. The Kier molecular flexibility index (Phi) is 3.65. The molecule has 8 heteroatoms. The van der Waals surface area contributed by atoms with E-state index in [1.54, 1.807) is 6.20 Å². The number of rotatable bonds is 4. The summed E-state index contributed by atoms with van der Waals surface area (Å²) in [5.74, 6) is 0.398. The molecule has 0 fully saturated rings. The molecule has 2 aromatic heterocycles. The second kappa shape index (κ2) is 5.92. The fourth-order valence-corrected chi connectivity index (χ4v) is 1.87. The molecule has 0 spiro atoms. The number of nitrogens with one attached hydrogen (secondary N) is 1. The Morgan fingerprint density at radius 3 is 2.82 bits per heavy atom. The molecule has 8 nitrogen and oxygen atoms in total. The Morgan fingerprint density at radius 2 is 2.05 bits per heavy atom. The quantitative estimate of drug-likeness (QED) is 0.450. The van der Waals surface area contributed by atoms with E-state index in [1.165, 1.54) is 18.3 Å². The largest absolute Gasteiger partial charge is 0.287 e. The van der Waals surface area contributed by atoms with Crippen LogP contribution in [0.1, 0.15) is 5.69 Å². The lowest BCUT2D eigenvalue weighted by molar-refractivity contribution is -0.385. The van der Waals surface area contributed by atoms with E-state index in [4.69, 9.17) is 0 Å². The van der Waals surface area contributed by atoms with Crippen LogP contribution in [0.5, 0.6) is 0 Å². The van der Waals surface area contributed by atoms with Crippen molar-refractivity contribution in [3.05, 3.63) is 64.6 Å². The average molecular weight is 294 g/mol. The van der Waals surface area contributed by atoms with Crippen LogP contribution in [0.25, 0.3) is 10.8 Å². The lowest BCUT2D eigenvalue weighted by Crippen LogP contribution is -1.97. The SMILES string of the molecule is O=[N+]([O-])c1ccc(N/N=C/c2nncc3ccccc23)nc1. The molecule has 3 aromatic rings. The van der Waals surface area contributed by atoms with Crippen molar-refractivity contribution in [3.8, 4) is 0 Å². The van der Waals surface area contributed by atoms with E-state index in [0.29, 0.717) is 11.5 Å². The van der Waals surface area contributed by atoms with Crippen LogP contribution < -0.4 is 5.43 Å². The molecule has 1 aromatic carbocycles. The van der Waals surface area contributed by atoms with E-state index in [0.717, 1.165) is 17.0 Å². The van der Waals surface area contributed by atoms with Crippen LogP contribution >= 0.6 is 0 Å². The van der Waals surface area contributed by atoms with Crippen molar-refractivity contribution in [2.24, 2.45) is 5.10 Å². The summed E-state index contributed by atoms with van der Waals surface area (Å²) in [6.45, 7) is 0. The molecule has 0 bridgehead atoms. The van der Waals surface area contributed by atoms with Gasteiger partial charge in [0.1, 0.15) is 17.7 Å². The van der Waals surface area contributed by atoms with Gasteiger partial charge < -0.3 is 0 Å². The van der Waals surface area contributed by atoms with Crippen molar-refractivity contribution in [1.29, 1.82) is 0 Å². The number of aromatic nitrogens is 3. The summed E-state index contributed by atoms with van der Waals surface area (Å²) < 4.78 is 0. The number of nitrogens with zero attached hydrogens (tertiary/aromatic N) is 5. The van der Waals surface area contributed by atoms with Gasteiger partial charge in [-0.15, -0.1) is 5.10 Å². The van der Waals surface area contributed by atoms with E-state index in [-0.39, 0.29) is 5.69 Å². The molecule has 0 aliphatic rings. The molecule has 0 saturated heterocycles. The molecule has 0 unspecified atom stereocenters. The second-order valence-electron chi connectivity index (χ2n) is 4.35. The van der Waals surface area contributed by atoms with Crippen LogP contribution in [-0.4, -0.2) is 26.3 Å². The van der Waals surface area contributed by atoms with Crippen molar-refractivity contribution in [2.45, 2.75) is 0 Å². The van der Waals surface area contributed by atoms with Gasteiger partial charge in [-0.2, -0.15) is 10.2 Å². The smallest absolute Gasteiger partial charge is 0.261 e. The minimum atomic E-state index is -0.508. The lowest BCUT2D eigenvalue weighted by Gasteiger charge is -2.00. The summed E-state index contributed by atoms with van der Waals surface area (Å²) in [4.78, 5) is 13.9. The lowest BCUT2D eigenvalue weighted by atomic mass is 10.1. The van der Waals surface area contributed by atoms with Gasteiger partial charge in [-0.25, -0.2) is 4.98 Å². The zero-order valence-corrected chi connectivity index (χ0v) is 11.2. The van der Waals surface area contributed by atoms with Crippen LogP contribution in [0.15, 0.2) is 53.9 Å². The Morgan fingerprint density at radius 1 is 1.18 bits per heavy atom.